The van der Waals surface area contributed by atoms with Gasteiger partial charge in [-0.15, -0.1) is 17.0 Å². The van der Waals surface area contributed by atoms with Gasteiger partial charge in [0.05, 0.1) is 0 Å². The van der Waals surface area contributed by atoms with Gasteiger partial charge in [0.15, 0.2) is 0 Å². The molecule has 0 rings (SSSR count). The maximum Gasteiger partial charge on any atom is -0.00490 e. The minimum absolute atomic E-state index is 0. The molecule has 0 heterocycles. The zero-order valence-electron chi connectivity index (χ0n) is 14.2. The largest absolute Gasteiger partial charge is 0.317 e. The van der Waals surface area contributed by atoms with Crippen LogP contribution in [0.1, 0.15) is 104 Å². The first-order chi connectivity index (χ1) is 9.41. The summed E-state index contributed by atoms with van der Waals surface area (Å²) >= 11 is 0. The second-order valence-electron chi connectivity index (χ2n) is 5.95. The van der Waals surface area contributed by atoms with Gasteiger partial charge < -0.3 is 5.32 Å². The summed E-state index contributed by atoms with van der Waals surface area (Å²) in [4.78, 5) is 0. The molecule has 0 aromatic carbocycles. The lowest BCUT2D eigenvalue weighted by Crippen LogP contribution is -2.13. The lowest BCUT2D eigenvalue weighted by Gasteiger charge is -2.03. The van der Waals surface area contributed by atoms with Crippen molar-refractivity contribution in [1.82, 2.24) is 5.32 Å². The highest BCUT2D eigenvalue weighted by atomic mass is 79.9. The van der Waals surface area contributed by atoms with E-state index in [-0.39, 0.29) is 17.0 Å². The van der Waals surface area contributed by atoms with Gasteiger partial charge in [0.1, 0.15) is 0 Å². The van der Waals surface area contributed by atoms with Gasteiger partial charge in [-0.1, -0.05) is 97.3 Å². The van der Waals surface area contributed by atoms with Gasteiger partial charge in [0.25, 0.3) is 0 Å². The van der Waals surface area contributed by atoms with Gasteiger partial charge in [-0.25, -0.2) is 0 Å². The molecular formula is C18H40BrN. The van der Waals surface area contributed by atoms with Crippen molar-refractivity contribution >= 4 is 17.0 Å². The molecular weight excluding hydrogens is 310 g/mol. The second kappa shape index (κ2) is 21.7. The van der Waals surface area contributed by atoms with Crippen molar-refractivity contribution in [2.24, 2.45) is 0 Å². The summed E-state index contributed by atoms with van der Waals surface area (Å²) in [5, 5.41) is 3.39. The molecule has 0 atom stereocenters. The highest BCUT2D eigenvalue weighted by Crippen LogP contribution is 2.12. The summed E-state index contributed by atoms with van der Waals surface area (Å²) < 4.78 is 0. The van der Waals surface area contributed by atoms with Crippen LogP contribution in [0.25, 0.3) is 0 Å². The smallest absolute Gasteiger partial charge is 0.00490 e. The van der Waals surface area contributed by atoms with Gasteiger partial charge in [-0.05, 0) is 19.5 Å². The van der Waals surface area contributed by atoms with Crippen molar-refractivity contribution in [2.45, 2.75) is 104 Å². The maximum atomic E-state index is 3.39. The first-order valence-corrected chi connectivity index (χ1v) is 9.12. The molecule has 0 bridgehead atoms. The zero-order valence-corrected chi connectivity index (χ0v) is 15.9. The molecule has 0 fully saturated rings. The van der Waals surface area contributed by atoms with Crippen molar-refractivity contribution in [1.29, 1.82) is 0 Å². The maximum absolute atomic E-state index is 3.39. The fraction of sp³-hybridized carbons (Fsp3) is 1.00. The van der Waals surface area contributed by atoms with Gasteiger partial charge in [-0.2, -0.15) is 0 Å². The molecule has 0 aromatic rings. The van der Waals surface area contributed by atoms with Crippen LogP contribution in [0.3, 0.4) is 0 Å². The van der Waals surface area contributed by atoms with E-state index < -0.39 is 0 Å². The number of halogens is 1. The molecule has 0 spiro atoms. The minimum Gasteiger partial charge on any atom is -0.317 e. The van der Waals surface area contributed by atoms with Crippen molar-refractivity contribution in [2.75, 3.05) is 13.1 Å². The standard InChI is InChI=1S/C18H39N.BrH/c1-3-5-6-7-8-9-10-11-12-13-14-15-16-17-18-19-4-2;/h19H,3-18H2,1-2H3;1H. The van der Waals surface area contributed by atoms with Crippen LogP contribution in [0.5, 0.6) is 0 Å². The average molecular weight is 350 g/mol. The van der Waals surface area contributed by atoms with E-state index in [0.717, 1.165) is 6.54 Å². The Bertz CT molecular complexity index is 134. The first-order valence-electron chi connectivity index (χ1n) is 9.12. The van der Waals surface area contributed by atoms with Crippen LogP contribution in [-0.2, 0) is 0 Å². The average Bonchev–Trinajstić information content (AvgIpc) is 2.43. The lowest BCUT2D eigenvalue weighted by molar-refractivity contribution is 0.531. The summed E-state index contributed by atoms with van der Waals surface area (Å²) in [6.45, 7) is 6.82. The van der Waals surface area contributed by atoms with Crippen LogP contribution in [0.2, 0.25) is 0 Å². The Morgan fingerprint density at radius 1 is 0.500 bits per heavy atom. The zero-order chi connectivity index (χ0) is 14.0. The van der Waals surface area contributed by atoms with Gasteiger partial charge >= 0.3 is 0 Å². The van der Waals surface area contributed by atoms with E-state index in [0.29, 0.717) is 0 Å². The Morgan fingerprint density at radius 3 is 1.20 bits per heavy atom. The Kier molecular flexibility index (Phi) is 24.7. The molecule has 0 aliphatic rings. The third-order valence-electron chi connectivity index (χ3n) is 3.96. The molecule has 1 nitrogen and oxygen atoms in total. The number of hydrogen-bond acceptors (Lipinski definition) is 1. The van der Waals surface area contributed by atoms with Gasteiger partial charge in [0, 0.05) is 0 Å². The second-order valence-corrected chi connectivity index (χ2v) is 5.95. The Hall–Kier alpha value is 0.440. The quantitative estimate of drug-likeness (QED) is 0.307. The Labute approximate surface area is 139 Å². The molecule has 124 valence electrons. The van der Waals surface area contributed by atoms with Gasteiger partial charge in [-0.3, -0.25) is 0 Å². The summed E-state index contributed by atoms with van der Waals surface area (Å²) in [5.74, 6) is 0. The van der Waals surface area contributed by atoms with Gasteiger partial charge in [0.2, 0.25) is 0 Å². The Morgan fingerprint density at radius 2 is 0.850 bits per heavy atom. The summed E-state index contributed by atoms with van der Waals surface area (Å²) in [6, 6.07) is 0. The molecule has 0 saturated carbocycles. The predicted molar refractivity (Wildman–Crippen MR) is 99.2 cm³/mol. The van der Waals surface area contributed by atoms with E-state index in [9.17, 15) is 0 Å². The van der Waals surface area contributed by atoms with E-state index in [1.807, 2.05) is 0 Å². The topological polar surface area (TPSA) is 12.0 Å². The molecule has 0 amide bonds. The number of rotatable bonds is 16. The lowest BCUT2D eigenvalue weighted by atomic mass is 10.0. The summed E-state index contributed by atoms with van der Waals surface area (Å²) in [7, 11) is 0. The molecule has 20 heavy (non-hydrogen) atoms. The highest BCUT2D eigenvalue weighted by molar-refractivity contribution is 8.93. The van der Waals surface area contributed by atoms with Crippen LogP contribution in [0, 0.1) is 0 Å². The summed E-state index contributed by atoms with van der Waals surface area (Å²) in [6.07, 6.45) is 20.3. The summed E-state index contributed by atoms with van der Waals surface area (Å²) in [5.41, 5.74) is 0. The van der Waals surface area contributed by atoms with Crippen molar-refractivity contribution in [3.8, 4) is 0 Å². The van der Waals surface area contributed by atoms with E-state index in [1.165, 1.54) is 96.4 Å². The number of hydrogen-bond donors (Lipinski definition) is 1. The van der Waals surface area contributed by atoms with Crippen LogP contribution in [-0.4, -0.2) is 13.1 Å². The van der Waals surface area contributed by atoms with Crippen LogP contribution < -0.4 is 5.32 Å². The monoisotopic (exact) mass is 349 g/mol. The third kappa shape index (κ3) is 20.8. The molecule has 2 heteroatoms. The molecule has 0 aliphatic heterocycles. The van der Waals surface area contributed by atoms with Crippen molar-refractivity contribution < 1.29 is 0 Å². The highest BCUT2D eigenvalue weighted by Gasteiger charge is 1.93. The number of unbranched alkanes of at least 4 members (excludes halogenated alkanes) is 13. The Balaban J connectivity index is 0. The van der Waals surface area contributed by atoms with Crippen molar-refractivity contribution in [3.63, 3.8) is 0 Å². The molecule has 0 aromatic heterocycles. The molecule has 0 saturated heterocycles. The predicted octanol–water partition coefficient (Wildman–Crippen LogP) is 6.66. The SMILES string of the molecule is Br.CCCCCCCCCCCCCCCCNCC. The van der Waals surface area contributed by atoms with Crippen LogP contribution in [0.4, 0.5) is 0 Å². The molecule has 0 aliphatic carbocycles. The number of nitrogens with one attached hydrogen (secondary N) is 1. The minimum atomic E-state index is 0. The van der Waals surface area contributed by atoms with Crippen LogP contribution in [0.15, 0.2) is 0 Å². The first kappa shape index (κ1) is 22.7. The van der Waals surface area contributed by atoms with E-state index >= 15 is 0 Å². The fourth-order valence-corrected chi connectivity index (χ4v) is 2.62. The fourth-order valence-electron chi connectivity index (χ4n) is 2.62. The van der Waals surface area contributed by atoms with E-state index in [4.69, 9.17) is 0 Å². The van der Waals surface area contributed by atoms with E-state index in [1.54, 1.807) is 0 Å². The molecule has 0 radical (unpaired) electrons. The van der Waals surface area contributed by atoms with E-state index in [2.05, 4.69) is 19.2 Å². The van der Waals surface area contributed by atoms with Crippen LogP contribution >= 0.6 is 17.0 Å². The molecule has 0 unspecified atom stereocenters. The van der Waals surface area contributed by atoms with Crippen molar-refractivity contribution in [3.05, 3.63) is 0 Å². The molecule has 1 N–H and O–H groups in total. The normalized spacial score (nSPS) is 10.5. The third-order valence-corrected chi connectivity index (χ3v) is 3.96.